The van der Waals surface area contributed by atoms with Crippen LogP contribution in [-0.4, -0.2) is 36.5 Å². The SMILES string of the molecule is CCOC(=O)C(C)(O)C1CCCOCC1. The number of ether oxygens (including phenoxy) is 2. The monoisotopic (exact) mass is 216 g/mol. The van der Waals surface area contributed by atoms with Crippen LogP contribution in [0.1, 0.15) is 33.1 Å². The smallest absolute Gasteiger partial charge is 0.338 e. The quantitative estimate of drug-likeness (QED) is 0.718. The Morgan fingerprint density at radius 3 is 2.93 bits per heavy atom. The van der Waals surface area contributed by atoms with Gasteiger partial charge >= 0.3 is 5.97 Å². The fourth-order valence-corrected chi connectivity index (χ4v) is 1.91. The summed E-state index contributed by atoms with van der Waals surface area (Å²) < 4.78 is 10.2. The van der Waals surface area contributed by atoms with Crippen molar-refractivity contribution in [1.29, 1.82) is 0 Å². The third-order valence-corrected chi connectivity index (χ3v) is 2.94. The van der Waals surface area contributed by atoms with Crippen molar-refractivity contribution in [1.82, 2.24) is 0 Å². The molecule has 88 valence electrons. The molecule has 1 aliphatic rings. The van der Waals surface area contributed by atoms with Crippen molar-refractivity contribution in [2.24, 2.45) is 5.92 Å². The third-order valence-electron chi connectivity index (χ3n) is 2.94. The van der Waals surface area contributed by atoms with Gasteiger partial charge in [-0.1, -0.05) is 0 Å². The normalized spacial score (nSPS) is 26.5. The molecule has 0 radical (unpaired) electrons. The second kappa shape index (κ2) is 5.47. The molecule has 1 aliphatic heterocycles. The van der Waals surface area contributed by atoms with E-state index in [1.54, 1.807) is 13.8 Å². The molecule has 0 amide bonds. The Hall–Kier alpha value is -0.610. The number of hydrogen-bond acceptors (Lipinski definition) is 4. The first-order valence-corrected chi connectivity index (χ1v) is 5.56. The van der Waals surface area contributed by atoms with Crippen molar-refractivity contribution in [2.75, 3.05) is 19.8 Å². The first kappa shape index (κ1) is 12.5. The number of esters is 1. The predicted molar refractivity (Wildman–Crippen MR) is 55.4 cm³/mol. The molecule has 0 aromatic heterocycles. The van der Waals surface area contributed by atoms with Crippen molar-refractivity contribution in [3.63, 3.8) is 0 Å². The second-order valence-electron chi connectivity index (χ2n) is 4.11. The minimum absolute atomic E-state index is 0.0564. The topological polar surface area (TPSA) is 55.8 Å². The van der Waals surface area contributed by atoms with Crippen LogP contribution in [0.3, 0.4) is 0 Å². The number of carbonyl (C=O) groups is 1. The highest BCUT2D eigenvalue weighted by Gasteiger charge is 2.40. The van der Waals surface area contributed by atoms with E-state index in [4.69, 9.17) is 9.47 Å². The molecule has 0 aromatic rings. The van der Waals surface area contributed by atoms with E-state index in [2.05, 4.69) is 0 Å². The van der Waals surface area contributed by atoms with E-state index >= 15 is 0 Å². The summed E-state index contributed by atoms with van der Waals surface area (Å²) in [6, 6.07) is 0. The standard InChI is InChI=1S/C11H20O4/c1-3-15-10(12)11(2,13)9-5-4-7-14-8-6-9/h9,13H,3-8H2,1-2H3. The van der Waals surface area contributed by atoms with E-state index in [1.807, 2.05) is 0 Å². The van der Waals surface area contributed by atoms with Gasteiger partial charge in [-0.3, -0.25) is 0 Å². The van der Waals surface area contributed by atoms with Crippen LogP contribution in [0.25, 0.3) is 0 Å². The zero-order chi connectivity index (χ0) is 11.3. The van der Waals surface area contributed by atoms with E-state index in [0.717, 1.165) is 19.4 Å². The maximum atomic E-state index is 11.6. The summed E-state index contributed by atoms with van der Waals surface area (Å²) in [7, 11) is 0. The molecule has 1 N–H and O–H groups in total. The summed E-state index contributed by atoms with van der Waals surface area (Å²) >= 11 is 0. The molecule has 4 heteroatoms. The number of aliphatic hydroxyl groups is 1. The Morgan fingerprint density at radius 2 is 2.27 bits per heavy atom. The Morgan fingerprint density at radius 1 is 1.53 bits per heavy atom. The van der Waals surface area contributed by atoms with Gasteiger partial charge < -0.3 is 14.6 Å². The van der Waals surface area contributed by atoms with E-state index < -0.39 is 11.6 Å². The average Bonchev–Trinajstić information content (AvgIpc) is 2.46. The molecule has 0 saturated carbocycles. The maximum Gasteiger partial charge on any atom is 0.338 e. The first-order valence-electron chi connectivity index (χ1n) is 5.56. The molecule has 1 saturated heterocycles. The summed E-state index contributed by atoms with van der Waals surface area (Å²) in [6.45, 7) is 4.92. The van der Waals surface area contributed by atoms with Gasteiger partial charge in [0.15, 0.2) is 5.60 Å². The Bertz CT molecular complexity index is 205. The summed E-state index contributed by atoms with van der Waals surface area (Å²) in [4.78, 5) is 11.6. The molecule has 0 aromatic carbocycles. The van der Waals surface area contributed by atoms with Crippen LogP contribution in [0.5, 0.6) is 0 Å². The highest BCUT2D eigenvalue weighted by molar-refractivity contribution is 5.79. The minimum atomic E-state index is -1.37. The lowest BCUT2D eigenvalue weighted by atomic mass is 9.83. The van der Waals surface area contributed by atoms with Crippen LogP contribution in [-0.2, 0) is 14.3 Å². The van der Waals surface area contributed by atoms with Crippen LogP contribution >= 0.6 is 0 Å². The van der Waals surface area contributed by atoms with Gasteiger partial charge in [-0.25, -0.2) is 4.79 Å². The highest BCUT2D eigenvalue weighted by Crippen LogP contribution is 2.28. The molecule has 0 bridgehead atoms. The molecule has 15 heavy (non-hydrogen) atoms. The predicted octanol–water partition coefficient (Wildman–Crippen LogP) is 1.12. The van der Waals surface area contributed by atoms with E-state index in [1.165, 1.54) is 0 Å². The Kier molecular flexibility index (Phi) is 4.54. The van der Waals surface area contributed by atoms with Crippen molar-refractivity contribution in [2.45, 2.75) is 38.7 Å². The highest BCUT2D eigenvalue weighted by atomic mass is 16.5. The first-order chi connectivity index (χ1) is 7.09. The summed E-state index contributed by atoms with van der Waals surface area (Å²) in [5.41, 5.74) is -1.37. The van der Waals surface area contributed by atoms with Crippen molar-refractivity contribution in [3.05, 3.63) is 0 Å². The maximum absolute atomic E-state index is 11.6. The van der Waals surface area contributed by atoms with Gasteiger partial charge in [0.1, 0.15) is 0 Å². The van der Waals surface area contributed by atoms with Crippen LogP contribution in [0, 0.1) is 5.92 Å². The van der Waals surface area contributed by atoms with Crippen molar-refractivity contribution >= 4 is 5.97 Å². The largest absolute Gasteiger partial charge is 0.464 e. The van der Waals surface area contributed by atoms with Gasteiger partial charge in [0.05, 0.1) is 6.61 Å². The summed E-state index contributed by atoms with van der Waals surface area (Å²) in [6.07, 6.45) is 2.41. The molecule has 1 rings (SSSR count). The zero-order valence-electron chi connectivity index (χ0n) is 9.49. The zero-order valence-corrected chi connectivity index (χ0v) is 9.49. The van der Waals surface area contributed by atoms with Gasteiger partial charge in [-0.05, 0) is 33.1 Å². The van der Waals surface area contributed by atoms with Gasteiger partial charge in [0.25, 0.3) is 0 Å². The summed E-state index contributed by atoms with van der Waals surface area (Å²) in [5.74, 6) is -0.573. The average molecular weight is 216 g/mol. The van der Waals surface area contributed by atoms with Gasteiger partial charge in [0, 0.05) is 19.1 Å². The van der Waals surface area contributed by atoms with Gasteiger partial charge in [-0.15, -0.1) is 0 Å². The van der Waals surface area contributed by atoms with Crippen LogP contribution in [0.15, 0.2) is 0 Å². The minimum Gasteiger partial charge on any atom is -0.464 e. The van der Waals surface area contributed by atoms with Crippen LogP contribution in [0.2, 0.25) is 0 Å². The molecule has 1 fully saturated rings. The fraction of sp³-hybridized carbons (Fsp3) is 0.909. The lowest BCUT2D eigenvalue weighted by molar-refractivity contribution is -0.169. The van der Waals surface area contributed by atoms with Gasteiger partial charge in [0.2, 0.25) is 0 Å². The summed E-state index contributed by atoms with van der Waals surface area (Å²) in [5, 5.41) is 10.1. The number of carbonyl (C=O) groups excluding carboxylic acids is 1. The molecule has 0 aliphatic carbocycles. The van der Waals surface area contributed by atoms with Crippen molar-refractivity contribution < 1.29 is 19.4 Å². The second-order valence-corrected chi connectivity index (χ2v) is 4.11. The molecule has 2 atom stereocenters. The van der Waals surface area contributed by atoms with Gasteiger partial charge in [-0.2, -0.15) is 0 Å². The Labute approximate surface area is 90.6 Å². The Balaban J connectivity index is 2.60. The third kappa shape index (κ3) is 3.18. The molecular weight excluding hydrogens is 196 g/mol. The van der Waals surface area contributed by atoms with E-state index in [9.17, 15) is 9.90 Å². The fourth-order valence-electron chi connectivity index (χ4n) is 1.91. The number of rotatable bonds is 3. The van der Waals surface area contributed by atoms with E-state index in [-0.39, 0.29) is 5.92 Å². The van der Waals surface area contributed by atoms with Crippen molar-refractivity contribution in [3.8, 4) is 0 Å². The lowest BCUT2D eigenvalue weighted by Gasteiger charge is -2.29. The molecule has 2 unspecified atom stereocenters. The van der Waals surface area contributed by atoms with E-state index in [0.29, 0.717) is 19.6 Å². The molecule has 0 spiro atoms. The molecular formula is C11H20O4. The van der Waals surface area contributed by atoms with Crippen LogP contribution < -0.4 is 0 Å². The number of hydrogen-bond donors (Lipinski definition) is 1. The molecule has 1 heterocycles. The van der Waals surface area contributed by atoms with Crippen LogP contribution in [0.4, 0.5) is 0 Å². The lowest BCUT2D eigenvalue weighted by Crippen LogP contribution is -2.44. The molecule has 4 nitrogen and oxygen atoms in total.